The fourth-order valence-corrected chi connectivity index (χ4v) is 1.50. The second kappa shape index (κ2) is 6.85. The minimum absolute atomic E-state index is 0.0183. The van der Waals surface area contributed by atoms with E-state index in [1.54, 1.807) is 7.05 Å². The second-order valence-electron chi connectivity index (χ2n) is 3.93. The van der Waals surface area contributed by atoms with E-state index >= 15 is 0 Å². The quantitative estimate of drug-likeness (QED) is 0.763. The van der Waals surface area contributed by atoms with Crippen molar-refractivity contribution in [2.24, 2.45) is 0 Å². The fourth-order valence-electron chi connectivity index (χ4n) is 1.50. The lowest BCUT2D eigenvalue weighted by atomic mass is 10.2. The molecule has 0 bridgehead atoms. The number of rotatable bonds is 6. The Morgan fingerprint density at radius 2 is 2.24 bits per heavy atom. The Morgan fingerprint density at radius 3 is 2.76 bits per heavy atom. The highest BCUT2D eigenvalue weighted by Gasteiger charge is 2.05. The summed E-state index contributed by atoms with van der Waals surface area (Å²) in [5.41, 5.74) is 1.10. The number of hydrogen-bond donors (Lipinski definition) is 2. The summed E-state index contributed by atoms with van der Waals surface area (Å²) in [6, 6.07) is 3.97. The summed E-state index contributed by atoms with van der Waals surface area (Å²) in [6.45, 7) is 4.01. The molecule has 2 N–H and O–H groups in total. The van der Waals surface area contributed by atoms with Crippen LogP contribution in [-0.4, -0.2) is 43.0 Å². The van der Waals surface area contributed by atoms with Gasteiger partial charge in [0.1, 0.15) is 5.82 Å². The summed E-state index contributed by atoms with van der Waals surface area (Å²) >= 11 is 0. The van der Waals surface area contributed by atoms with Gasteiger partial charge in [0.2, 0.25) is 5.91 Å². The molecule has 0 spiro atoms. The van der Waals surface area contributed by atoms with E-state index in [0.717, 1.165) is 17.9 Å². The number of pyridine rings is 1. The van der Waals surface area contributed by atoms with E-state index in [1.807, 2.05) is 37.2 Å². The molecule has 0 aliphatic carbocycles. The monoisotopic (exact) mass is 236 g/mol. The van der Waals surface area contributed by atoms with Crippen LogP contribution in [0.5, 0.6) is 0 Å². The van der Waals surface area contributed by atoms with Crippen LogP contribution in [0.4, 0.5) is 5.82 Å². The van der Waals surface area contributed by atoms with Crippen LogP contribution in [0, 0.1) is 0 Å². The van der Waals surface area contributed by atoms with Gasteiger partial charge in [-0.1, -0.05) is 6.07 Å². The van der Waals surface area contributed by atoms with Crippen molar-refractivity contribution in [1.29, 1.82) is 0 Å². The summed E-state index contributed by atoms with van der Waals surface area (Å²) in [7, 11) is 3.55. The third kappa shape index (κ3) is 4.82. The molecule has 0 fully saturated rings. The molecule has 5 nitrogen and oxygen atoms in total. The molecule has 1 rings (SSSR count). The first-order valence-corrected chi connectivity index (χ1v) is 5.73. The van der Waals surface area contributed by atoms with E-state index in [2.05, 4.69) is 15.6 Å². The maximum atomic E-state index is 11.2. The van der Waals surface area contributed by atoms with Crippen LogP contribution in [0.1, 0.15) is 12.5 Å². The molecule has 1 aromatic rings. The first kappa shape index (κ1) is 13.4. The van der Waals surface area contributed by atoms with Crippen molar-refractivity contribution in [2.75, 3.05) is 32.5 Å². The lowest BCUT2D eigenvalue weighted by molar-refractivity contribution is -0.121. The molecule has 0 aliphatic rings. The molecular formula is C12H20N4O. The lowest BCUT2D eigenvalue weighted by Crippen LogP contribution is -2.32. The van der Waals surface area contributed by atoms with E-state index in [-0.39, 0.29) is 5.91 Å². The van der Waals surface area contributed by atoms with Crippen LogP contribution < -0.4 is 10.6 Å². The molecule has 5 heteroatoms. The molecule has 0 unspecified atom stereocenters. The predicted octanol–water partition coefficient (Wildman–Crippen LogP) is 0.691. The topological polar surface area (TPSA) is 57.3 Å². The van der Waals surface area contributed by atoms with Gasteiger partial charge in [0.05, 0.1) is 6.54 Å². The molecule has 0 radical (unpaired) electrons. The van der Waals surface area contributed by atoms with Gasteiger partial charge in [0, 0.05) is 26.3 Å². The lowest BCUT2D eigenvalue weighted by Gasteiger charge is -2.15. The Morgan fingerprint density at radius 1 is 1.47 bits per heavy atom. The molecule has 0 aromatic carbocycles. The van der Waals surface area contributed by atoms with Gasteiger partial charge in [-0.05, 0) is 25.6 Å². The zero-order valence-electron chi connectivity index (χ0n) is 10.7. The van der Waals surface area contributed by atoms with Crippen molar-refractivity contribution in [2.45, 2.75) is 13.5 Å². The van der Waals surface area contributed by atoms with Crippen LogP contribution in [0.15, 0.2) is 18.3 Å². The van der Waals surface area contributed by atoms with Gasteiger partial charge in [-0.25, -0.2) is 4.98 Å². The van der Waals surface area contributed by atoms with Crippen molar-refractivity contribution in [1.82, 2.24) is 15.2 Å². The van der Waals surface area contributed by atoms with E-state index in [4.69, 9.17) is 0 Å². The fraction of sp³-hybridized carbons (Fsp3) is 0.500. The largest absolute Gasteiger partial charge is 0.370 e. The molecule has 0 atom stereocenters. The Labute approximate surface area is 102 Å². The smallest absolute Gasteiger partial charge is 0.233 e. The predicted molar refractivity (Wildman–Crippen MR) is 68.8 cm³/mol. The summed E-state index contributed by atoms with van der Waals surface area (Å²) in [5, 5.41) is 5.74. The average molecular weight is 236 g/mol. The summed E-state index contributed by atoms with van der Waals surface area (Å²) in [5.74, 6) is 0.898. The number of nitrogens with one attached hydrogen (secondary N) is 2. The normalized spacial score (nSPS) is 10.4. The maximum absolute atomic E-state index is 11.2. The minimum Gasteiger partial charge on any atom is -0.370 e. The molecule has 1 heterocycles. The minimum atomic E-state index is 0.0183. The van der Waals surface area contributed by atoms with Gasteiger partial charge in [0.25, 0.3) is 0 Å². The number of aromatic nitrogens is 1. The van der Waals surface area contributed by atoms with Gasteiger partial charge >= 0.3 is 0 Å². The number of carbonyl (C=O) groups excluding carboxylic acids is 1. The van der Waals surface area contributed by atoms with Crippen molar-refractivity contribution >= 4 is 11.7 Å². The molecule has 17 heavy (non-hydrogen) atoms. The van der Waals surface area contributed by atoms with Gasteiger partial charge < -0.3 is 10.6 Å². The highest BCUT2D eigenvalue weighted by atomic mass is 16.1. The van der Waals surface area contributed by atoms with Gasteiger partial charge in [0.15, 0.2) is 0 Å². The third-order valence-electron chi connectivity index (χ3n) is 2.33. The number of nitrogens with zero attached hydrogens (tertiary/aromatic N) is 2. The maximum Gasteiger partial charge on any atom is 0.233 e. The zero-order chi connectivity index (χ0) is 12.7. The Bertz CT molecular complexity index is 350. The highest BCUT2D eigenvalue weighted by Crippen LogP contribution is 2.06. The molecule has 94 valence electrons. The number of anilines is 1. The Hall–Kier alpha value is -1.62. The first-order chi connectivity index (χ1) is 8.15. The Kier molecular flexibility index (Phi) is 5.42. The van der Waals surface area contributed by atoms with Crippen LogP contribution >= 0.6 is 0 Å². The van der Waals surface area contributed by atoms with Gasteiger partial charge in [-0.15, -0.1) is 0 Å². The molecule has 1 amide bonds. The summed E-state index contributed by atoms with van der Waals surface area (Å²) in [4.78, 5) is 17.4. The first-order valence-electron chi connectivity index (χ1n) is 5.73. The Balaban J connectivity index is 2.48. The van der Waals surface area contributed by atoms with Crippen LogP contribution in [0.25, 0.3) is 0 Å². The van der Waals surface area contributed by atoms with Gasteiger partial charge in [-0.2, -0.15) is 0 Å². The van der Waals surface area contributed by atoms with Crippen molar-refractivity contribution < 1.29 is 4.79 Å². The third-order valence-corrected chi connectivity index (χ3v) is 2.33. The highest BCUT2D eigenvalue weighted by molar-refractivity contribution is 5.77. The molecule has 0 saturated heterocycles. The van der Waals surface area contributed by atoms with E-state index < -0.39 is 0 Å². The van der Waals surface area contributed by atoms with E-state index in [0.29, 0.717) is 13.1 Å². The number of carbonyl (C=O) groups is 1. The van der Waals surface area contributed by atoms with Crippen molar-refractivity contribution in [3.8, 4) is 0 Å². The zero-order valence-corrected chi connectivity index (χ0v) is 10.7. The van der Waals surface area contributed by atoms with Crippen LogP contribution in [0.3, 0.4) is 0 Å². The standard InChI is InChI=1S/C12H20N4O/c1-4-14-11-6-5-10(7-15-11)8-16(3)9-12(17)13-2/h5-7H,4,8-9H2,1-3H3,(H,13,17)(H,14,15). The van der Waals surface area contributed by atoms with Crippen molar-refractivity contribution in [3.05, 3.63) is 23.9 Å². The average Bonchev–Trinajstić information content (AvgIpc) is 2.31. The molecule has 0 aliphatic heterocycles. The summed E-state index contributed by atoms with van der Waals surface area (Å²) < 4.78 is 0. The molecule has 1 aromatic heterocycles. The van der Waals surface area contributed by atoms with Gasteiger partial charge in [-0.3, -0.25) is 9.69 Å². The van der Waals surface area contributed by atoms with E-state index in [9.17, 15) is 4.79 Å². The number of likely N-dealkylation sites (N-methyl/N-ethyl adjacent to an activating group) is 2. The van der Waals surface area contributed by atoms with Crippen molar-refractivity contribution in [3.63, 3.8) is 0 Å². The molecule has 0 saturated carbocycles. The van der Waals surface area contributed by atoms with Crippen LogP contribution in [0.2, 0.25) is 0 Å². The van der Waals surface area contributed by atoms with Crippen LogP contribution in [-0.2, 0) is 11.3 Å². The molecular weight excluding hydrogens is 216 g/mol. The number of hydrogen-bond acceptors (Lipinski definition) is 4. The SMILES string of the molecule is CCNc1ccc(CN(C)CC(=O)NC)cn1. The van der Waals surface area contributed by atoms with E-state index in [1.165, 1.54) is 0 Å². The number of amides is 1. The summed E-state index contributed by atoms with van der Waals surface area (Å²) in [6.07, 6.45) is 1.83. The second-order valence-corrected chi connectivity index (χ2v) is 3.93.